The molecule has 6 nitrogen and oxygen atoms in total. The summed E-state index contributed by atoms with van der Waals surface area (Å²) in [5.41, 5.74) is 6.83. The maximum Gasteiger partial charge on any atom is 0.161 e. The number of hydrogen-bond acceptors (Lipinski definition) is 5. The molecule has 3 rings (SSSR count). The number of benzene rings is 3. The molecule has 0 bridgehead atoms. The lowest BCUT2D eigenvalue weighted by Gasteiger charge is -2.28. The van der Waals surface area contributed by atoms with Gasteiger partial charge in [-0.1, -0.05) is 59.7 Å². The van der Waals surface area contributed by atoms with Crippen molar-refractivity contribution in [2.45, 2.75) is 72.3 Å². The van der Waals surface area contributed by atoms with Crippen LogP contribution in [0.1, 0.15) is 77.6 Å². The molecule has 0 unspecified atom stereocenters. The zero-order chi connectivity index (χ0) is 28.1. The molecular formula is C32H41N3O3. The summed E-state index contributed by atoms with van der Waals surface area (Å²) in [5, 5.41) is 15.7. The second-order valence-corrected chi connectivity index (χ2v) is 11.7. The zero-order valence-corrected chi connectivity index (χ0v) is 24.1. The largest absolute Gasteiger partial charge is 0.507 e. The first-order valence-corrected chi connectivity index (χ1v) is 13.0. The number of nitrogens with one attached hydrogen (secondary N) is 1. The highest BCUT2D eigenvalue weighted by Crippen LogP contribution is 2.40. The van der Waals surface area contributed by atoms with Crippen LogP contribution in [-0.4, -0.2) is 30.4 Å². The fourth-order valence-corrected chi connectivity index (χ4v) is 3.98. The molecule has 0 atom stereocenters. The van der Waals surface area contributed by atoms with Gasteiger partial charge in [0.1, 0.15) is 5.75 Å². The van der Waals surface area contributed by atoms with Crippen LogP contribution in [0.25, 0.3) is 0 Å². The average Bonchev–Trinajstić information content (AvgIpc) is 2.83. The first kappa shape index (κ1) is 28.8. The Labute approximate surface area is 227 Å². The van der Waals surface area contributed by atoms with E-state index >= 15 is 0 Å². The van der Waals surface area contributed by atoms with Gasteiger partial charge in [-0.05, 0) is 72.7 Å². The van der Waals surface area contributed by atoms with Crippen molar-refractivity contribution in [1.82, 2.24) is 5.43 Å². The molecule has 202 valence electrons. The van der Waals surface area contributed by atoms with Gasteiger partial charge >= 0.3 is 0 Å². The fourth-order valence-electron chi connectivity index (χ4n) is 3.98. The van der Waals surface area contributed by atoms with E-state index in [2.05, 4.69) is 52.1 Å². The van der Waals surface area contributed by atoms with Crippen molar-refractivity contribution in [1.29, 1.82) is 0 Å². The number of hydrazone groups is 1. The summed E-state index contributed by atoms with van der Waals surface area (Å²) < 4.78 is 11.3. The highest BCUT2D eigenvalue weighted by molar-refractivity contribution is 6.01. The fraction of sp³-hybridized carbons (Fsp3) is 0.375. The number of ether oxygens (including phenoxy) is 2. The summed E-state index contributed by atoms with van der Waals surface area (Å²) >= 11 is 0. The molecule has 0 saturated carbocycles. The maximum atomic E-state index is 11.2. The molecule has 0 aliphatic heterocycles. The van der Waals surface area contributed by atoms with E-state index in [1.54, 1.807) is 13.3 Å². The first-order valence-electron chi connectivity index (χ1n) is 13.0. The number of nitrogens with zero attached hydrogens (tertiary/aromatic N) is 2. The molecule has 0 fully saturated rings. The van der Waals surface area contributed by atoms with Crippen LogP contribution in [0.2, 0.25) is 0 Å². The van der Waals surface area contributed by atoms with Crippen LogP contribution in [0, 0.1) is 0 Å². The summed E-state index contributed by atoms with van der Waals surface area (Å²) in [7, 11) is 1.62. The van der Waals surface area contributed by atoms with Gasteiger partial charge in [0.05, 0.1) is 25.1 Å². The van der Waals surface area contributed by atoms with E-state index in [0.29, 0.717) is 23.1 Å². The number of para-hydroxylation sites is 1. The molecule has 0 amide bonds. The molecule has 3 aromatic rings. The van der Waals surface area contributed by atoms with Gasteiger partial charge in [0.2, 0.25) is 0 Å². The summed E-state index contributed by atoms with van der Waals surface area (Å²) in [4.78, 5) is 4.88. The highest BCUT2D eigenvalue weighted by atomic mass is 16.5. The quantitative estimate of drug-likeness (QED) is 0.194. The lowest BCUT2D eigenvalue weighted by molar-refractivity contribution is 0.230. The van der Waals surface area contributed by atoms with Crippen LogP contribution >= 0.6 is 0 Å². The van der Waals surface area contributed by atoms with Crippen LogP contribution in [0.15, 0.2) is 70.8 Å². The van der Waals surface area contributed by atoms with E-state index in [-0.39, 0.29) is 16.9 Å². The number of amidine groups is 1. The number of phenols is 1. The van der Waals surface area contributed by atoms with Crippen LogP contribution in [0.5, 0.6) is 17.2 Å². The van der Waals surface area contributed by atoms with Gasteiger partial charge in [-0.15, -0.1) is 0 Å². The predicted octanol–water partition coefficient (Wildman–Crippen LogP) is 7.49. The summed E-state index contributed by atoms with van der Waals surface area (Å²) in [6.45, 7) is 16.5. The van der Waals surface area contributed by atoms with Crippen molar-refractivity contribution in [3.8, 4) is 17.2 Å². The molecule has 2 N–H and O–H groups in total. The van der Waals surface area contributed by atoms with Gasteiger partial charge in [-0.3, -0.25) is 5.43 Å². The lowest BCUT2D eigenvalue weighted by Crippen LogP contribution is -2.23. The lowest BCUT2D eigenvalue weighted by atomic mass is 9.78. The molecule has 6 heteroatoms. The summed E-state index contributed by atoms with van der Waals surface area (Å²) in [5.74, 6) is 2.23. The van der Waals surface area contributed by atoms with E-state index in [9.17, 15) is 5.11 Å². The second kappa shape index (κ2) is 11.7. The third kappa shape index (κ3) is 7.37. The van der Waals surface area contributed by atoms with Crippen molar-refractivity contribution in [2.24, 2.45) is 10.1 Å². The van der Waals surface area contributed by atoms with Crippen LogP contribution < -0.4 is 14.9 Å². The molecule has 0 saturated heterocycles. The molecule has 38 heavy (non-hydrogen) atoms. The Morgan fingerprint density at radius 2 is 1.47 bits per heavy atom. The Kier molecular flexibility index (Phi) is 8.87. The number of rotatable bonds is 7. The van der Waals surface area contributed by atoms with Crippen LogP contribution in [0.3, 0.4) is 0 Å². The Morgan fingerprint density at radius 3 is 2.00 bits per heavy atom. The minimum absolute atomic E-state index is 0.0446. The van der Waals surface area contributed by atoms with Gasteiger partial charge in [0.15, 0.2) is 17.3 Å². The summed E-state index contributed by atoms with van der Waals surface area (Å²) in [6.07, 6.45) is 1.76. The van der Waals surface area contributed by atoms with Crippen molar-refractivity contribution < 1.29 is 14.6 Å². The number of aromatic hydroxyl groups is 1. The standard InChI is InChI=1S/C32H41N3O3/c1-21(2)38-27-16-15-22(17-28(27)37-9)20-33-35-30(34-24-13-11-10-12-14-24)23-18-25(31(3,4)5)29(36)26(19-23)32(6,7)8/h10-21,36H,1-9H3,(H,34,35)/b33-20+. The van der Waals surface area contributed by atoms with Crippen molar-refractivity contribution in [3.63, 3.8) is 0 Å². The molecule has 0 aliphatic rings. The molecule has 0 radical (unpaired) electrons. The molecular weight excluding hydrogens is 474 g/mol. The third-order valence-corrected chi connectivity index (χ3v) is 5.93. The monoisotopic (exact) mass is 515 g/mol. The smallest absolute Gasteiger partial charge is 0.161 e. The first-order chi connectivity index (χ1) is 17.8. The Bertz CT molecular complexity index is 1260. The SMILES string of the molecule is COc1cc(/C=N/NC(=Nc2ccccc2)c2cc(C(C)(C)C)c(O)c(C(C)(C)C)c2)ccc1OC(C)C. The molecule has 0 spiro atoms. The van der Waals surface area contributed by atoms with Gasteiger partial charge in [0, 0.05) is 16.7 Å². The van der Waals surface area contributed by atoms with Crippen molar-refractivity contribution >= 4 is 17.7 Å². The van der Waals surface area contributed by atoms with Gasteiger partial charge in [-0.2, -0.15) is 5.10 Å². The average molecular weight is 516 g/mol. The number of hydrogen-bond donors (Lipinski definition) is 2. The van der Waals surface area contributed by atoms with E-state index in [1.807, 2.05) is 74.5 Å². The topological polar surface area (TPSA) is 75.4 Å². The van der Waals surface area contributed by atoms with Crippen molar-refractivity contribution in [2.75, 3.05) is 7.11 Å². The van der Waals surface area contributed by atoms with Crippen molar-refractivity contribution in [3.05, 3.63) is 82.9 Å². The van der Waals surface area contributed by atoms with E-state index in [1.165, 1.54) is 0 Å². The number of aliphatic imine (C=N–C) groups is 1. The zero-order valence-electron chi connectivity index (χ0n) is 24.1. The molecule has 3 aromatic carbocycles. The normalized spacial score (nSPS) is 12.7. The summed E-state index contributed by atoms with van der Waals surface area (Å²) in [6, 6.07) is 19.4. The molecule has 0 heterocycles. The molecule has 0 aliphatic carbocycles. The number of phenolic OH excluding ortho intramolecular Hbond substituents is 1. The van der Waals surface area contributed by atoms with Crippen LogP contribution in [0.4, 0.5) is 5.69 Å². The number of methoxy groups -OCH3 is 1. The maximum absolute atomic E-state index is 11.2. The van der Waals surface area contributed by atoms with E-state index in [4.69, 9.17) is 14.5 Å². The van der Waals surface area contributed by atoms with Gasteiger partial charge in [-0.25, -0.2) is 4.99 Å². The van der Waals surface area contributed by atoms with E-state index < -0.39 is 0 Å². The van der Waals surface area contributed by atoms with Gasteiger partial charge in [0.25, 0.3) is 0 Å². The Hall–Kier alpha value is -3.80. The van der Waals surface area contributed by atoms with E-state index in [0.717, 1.165) is 27.9 Å². The minimum atomic E-state index is -0.266. The minimum Gasteiger partial charge on any atom is -0.507 e. The Balaban J connectivity index is 2.06. The predicted molar refractivity (Wildman–Crippen MR) is 158 cm³/mol. The highest BCUT2D eigenvalue weighted by Gasteiger charge is 2.27. The van der Waals surface area contributed by atoms with Crippen LogP contribution in [-0.2, 0) is 10.8 Å². The third-order valence-electron chi connectivity index (χ3n) is 5.93. The Morgan fingerprint density at radius 1 is 0.868 bits per heavy atom. The second-order valence-electron chi connectivity index (χ2n) is 11.7. The van der Waals surface area contributed by atoms with Gasteiger partial charge < -0.3 is 14.6 Å². The molecule has 0 aromatic heterocycles.